The van der Waals surface area contributed by atoms with Crippen molar-refractivity contribution in [1.82, 2.24) is 24.5 Å². The zero-order valence-corrected chi connectivity index (χ0v) is 19.3. The van der Waals surface area contributed by atoms with E-state index >= 15 is 0 Å². The number of aromatic nitrogens is 5. The van der Waals surface area contributed by atoms with Crippen molar-refractivity contribution < 1.29 is 18.0 Å². The van der Waals surface area contributed by atoms with Gasteiger partial charge >= 0.3 is 6.18 Å². The second-order valence-electron chi connectivity index (χ2n) is 8.95. The summed E-state index contributed by atoms with van der Waals surface area (Å²) in [4.78, 5) is 21.4. The molecule has 7 nitrogen and oxygen atoms in total. The average Bonchev–Trinajstić information content (AvgIpc) is 3.18. The van der Waals surface area contributed by atoms with Gasteiger partial charge in [-0.05, 0) is 49.6 Å². The number of halogens is 3. The number of amides is 1. The van der Waals surface area contributed by atoms with Gasteiger partial charge < -0.3 is 0 Å². The first-order valence-corrected chi connectivity index (χ1v) is 11.9. The summed E-state index contributed by atoms with van der Waals surface area (Å²) in [6, 6.07) is 4.78. The van der Waals surface area contributed by atoms with Gasteiger partial charge in [0.15, 0.2) is 11.7 Å². The van der Waals surface area contributed by atoms with Crippen LogP contribution in [0.1, 0.15) is 41.4 Å². The molecule has 0 unspecified atom stereocenters. The second kappa shape index (κ2) is 7.39. The molecule has 1 aliphatic heterocycles. The zero-order chi connectivity index (χ0) is 23.8. The van der Waals surface area contributed by atoms with Crippen LogP contribution in [-0.2, 0) is 7.05 Å². The van der Waals surface area contributed by atoms with Crippen LogP contribution in [0.5, 0.6) is 0 Å². The third kappa shape index (κ3) is 3.24. The number of rotatable bonds is 3. The molecular weight excluding hydrogens is 465 g/mol. The van der Waals surface area contributed by atoms with Gasteiger partial charge in [0.2, 0.25) is 0 Å². The van der Waals surface area contributed by atoms with Crippen molar-refractivity contribution in [1.29, 1.82) is 0 Å². The Labute approximate surface area is 196 Å². The van der Waals surface area contributed by atoms with E-state index in [1.165, 1.54) is 28.5 Å². The summed E-state index contributed by atoms with van der Waals surface area (Å²) < 4.78 is 44.3. The Morgan fingerprint density at radius 1 is 1.24 bits per heavy atom. The molecule has 5 heterocycles. The number of pyridine rings is 1. The van der Waals surface area contributed by atoms with Crippen molar-refractivity contribution in [3.8, 4) is 10.6 Å². The van der Waals surface area contributed by atoms with Gasteiger partial charge in [-0.25, -0.2) is 9.67 Å². The van der Waals surface area contributed by atoms with Gasteiger partial charge in [-0.15, -0.1) is 11.3 Å². The van der Waals surface area contributed by atoms with E-state index < -0.39 is 18.3 Å². The molecule has 4 aromatic rings. The minimum atomic E-state index is -4.45. The molecule has 0 radical (unpaired) electrons. The van der Waals surface area contributed by atoms with E-state index in [2.05, 4.69) is 10.2 Å². The van der Waals surface area contributed by atoms with E-state index in [1.54, 1.807) is 17.8 Å². The third-order valence-corrected chi connectivity index (χ3v) is 7.62. The summed E-state index contributed by atoms with van der Waals surface area (Å²) in [6.07, 6.45) is -1.69. The van der Waals surface area contributed by atoms with Gasteiger partial charge in [-0.1, -0.05) is 6.07 Å². The molecule has 0 saturated heterocycles. The van der Waals surface area contributed by atoms with Crippen LogP contribution in [0.15, 0.2) is 35.8 Å². The predicted molar refractivity (Wildman–Crippen MR) is 122 cm³/mol. The van der Waals surface area contributed by atoms with Crippen LogP contribution in [0.4, 0.5) is 19.0 Å². The average molecular weight is 487 g/mol. The fourth-order valence-electron chi connectivity index (χ4n) is 5.05. The standard InChI is InChI=1S/C23H21F3N6OS/c1-12-20-14(10-15(17-4-3-9-34-17)28-21(20)30(2)29-12)22(33)31-16(13-5-6-13)11-18(23(24,25)26)32-19(31)7-8-27-32/h3-4,7-10,13,16,18H,5-6,11H2,1-2H3/t16-,18-/m0/s1. The molecule has 6 rings (SSSR count). The number of carbonyl (C=O) groups excluding carboxylic acids is 1. The number of carbonyl (C=O) groups is 1. The van der Waals surface area contributed by atoms with Gasteiger partial charge in [0.1, 0.15) is 5.82 Å². The van der Waals surface area contributed by atoms with Crippen LogP contribution in [0.3, 0.4) is 0 Å². The molecule has 1 amide bonds. The zero-order valence-electron chi connectivity index (χ0n) is 18.5. The van der Waals surface area contributed by atoms with Crippen LogP contribution >= 0.6 is 11.3 Å². The number of alkyl halides is 3. The molecule has 2 atom stereocenters. The lowest BCUT2D eigenvalue weighted by Gasteiger charge is -2.40. The highest BCUT2D eigenvalue weighted by Gasteiger charge is 2.52. The quantitative estimate of drug-likeness (QED) is 0.402. The summed E-state index contributed by atoms with van der Waals surface area (Å²) in [5.74, 6) is -0.123. The largest absolute Gasteiger partial charge is 0.410 e. The SMILES string of the molecule is Cc1nn(C)c2nc(-c3cccs3)cc(C(=O)N3c4ccnn4[C@H](C(F)(F)F)C[C@H]3C3CC3)c12. The van der Waals surface area contributed by atoms with E-state index in [-0.39, 0.29) is 24.1 Å². The minimum absolute atomic E-state index is 0.0431. The predicted octanol–water partition coefficient (Wildman–Crippen LogP) is 5.13. The molecule has 34 heavy (non-hydrogen) atoms. The Kier molecular flexibility index (Phi) is 4.64. The van der Waals surface area contributed by atoms with E-state index in [9.17, 15) is 18.0 Å². The Balaban J connectivity index is 1.54. The number of nitrogens with zero attached hydrogens (tertiary/aromatic N) is 6. The van der Waals surface area contributed by atoms with E-state index in [4.69, 9.17) is 4.98 Å². The van der Waals surface area contributed by atoms with E-state index in [0.29, 0.717) is 28.0 Å². The first-order chi connectivity index (χ1) is 16.2. The summed E-state index contributed by atoms with van der Waals surface area (Å²) in [7, 11) is 1.77. The van der Waals surface area contributed by atoms with E-state index in [1.807, 2.05) is 24.4 Å². The topological polar surface area (TPSA) is 68.8 Å². The molecule has 11 heteroatoms. The molecule has 0 N–H and O–H groups in total. The number of thiophene rings is 1. The van der Waals surface area contributed by atoms with Crippen LogP contribution in [0.2, 0.25) is 0 Å². The van der Waals surface area contributed by atoms with Crippen molar-refractivity contribution in [3.63, 3.8) is 0 Å². The lowest BCUT2D eigenvalue weighted by atomic mass is 9.96. The maximum absolute atomic E-state index is 14.2. The van der Waals surface area contributed by atoms with Crippen molar-refractivity contribution in [2.75, 3.05) is 4.90 Å². The molecule has 1 saturated carbocycles. The fourth-order valence-corrected chi connectivity index (χ4v) is 5.73. The Hall–Kier alpha value is -3.21. The number of hydrogen-bond acceptors (Lipinski definition) is 5. The maximum atomic E-state index is 14.2. The maximum Gasteiger partial charge on any atom is 0.410 e. The van der Waals surface area contributed by atoms with E-state index in [0.717, 1.165) is 22.4 Å². The molecule has 1 fully saturated rings. The summed E-state index contributed by atoms with van der Waals surface area (Å²) >= 11 is 1.51. The van der Waals surface area contributed by atoms with Gasteiger partial charge in [-0.2, -0.15) is 23.4 Å². The molecule has 0 spiro atoms. The summed E-state index contributed by atoms with van der Waals surface area (Å²) in [5.41, 5.74) is 2.24. The normalized spacial score (nSPS) is 20.7. The second-order valence-corrected chi connectivity index (χ2v) is 9.89. The number of aryl methyl sites for hydroxylation is 2. The highest BCUT2D eigenvalue weighted by molar-refractivity contribution is 7.13. The van der Waals surface area contributed by atoms with Crippen molar-refractivity contribution >= 4 is 34.1 Å². The lowest BCUT2D eigenvalue weighted by Crippen LogP contribution is -2.50. The minimum Gasteiger partial charge on any atom is -0.289 e. The summed E-state index contributed by atoms with van der Waals surface area (Å²) in [5, 5.41) is 11.0. The first-order valence-electron chi connectivity index (χ1n) is 11.1. The number of hydrogen-bond donors (Lipinski definition) is 0. The highest BCUT2D eigenvalue weighted by atomic mass is 32.1. The fraction of sp³-hybridized carbons (Fsp3) is 0.391. The molecule has 1 aliphatic carbocycles. The van der Waals surface area contributed by atoms with Crippen molar-refractivity contribution in [3.05, 3.63) is 47.1 Å². The number of fused-ring (bicyclic) bond motifs is 2. The molecule has 4 aromatic heterocycles. The van der Waals surface area contributed by atoms with Crippen LogP contribution < -0.4 is 4.90 Å². The smallest absolute Gasteiger partial charge is 0.289 e. The van der Waals surface area contributed by atoms with Crippen molar-refractivity contribution in [2.45, 2.75) is 44.4 Å². The Morgan fingerprint density at radius 3 is 2.71 bits per heavy atom. The highest BCUT2D eigenvalue weighted by Crippen LogP contribution is 2.48. The molecular formula is C23H21F3N6OS. The lowest BCUT2D eigenvalue weighted by molar-refractivity contribution is -0.174. The molecule has 0 aromatic carbocycles. The third-order valence-electron chi connectivity index (χ3n) is 6.72. The molecule has 176 valence electrons. The number of anilines is 1. The molecule has 0 bridgehead atoms. The van der Waals surface area contributed by atoms with Crippen LogP contribution in [0, 0.1) is 12.8 Å². The van der Waals surface area contributed by atoms with Gasteiger partial charge in [0.25, 0.3) is 5.91 Å². The molecule has 2 aliphatic rings. The van der Waals surface area contributed by atoms with Crippen LogP contribution in [0.25, 0.3) is 21.6 Å². The monoisotopic (exact) mass is 486 g/mol. The first kappa shape index (κ1) is 21.3. The van der Waals surface area contributed by atoms with Crippen LogP contribution in [-0.4, -0.2) is 42.7 Å². The van der Waals surface area contributed by atoms with Crippen molar-refractivity contribution in [2.24, 2.45) is 13.0 Å². The van der Waals surface area contributed by atoms with Gasteiger partial charge in [0.05, 0.1) is 33.4 Å². The Bertz CT molecular complexity index is 1400. The summed E-state index contributed by atoms with van der Waals surface area (Å²) in [6.45, 7) is 1.81. The van der Waals surface area contributed by atoms with Gasteiger partial charge in [-0.3, -0.25) is 14.4 Å². The van der Waals surface area contributed by atoms with Gasteiger partial charge in [0, 0.05) is 19.2 Å². The Morgan fingerprint density at radius 2 is 2.03 bits per heavy atom.